The van der Waals surface area contributed by atoms with E-state index in [1.54, 1.807) is 6.07 Å². The van der Waals surface area contributed by atoms with Crippen molar-refractivity contribution < 1.29 is 13.2 Å². The number of aromatic nitrogens is 3. The third-order valence-electron chi connectivity index (χ3n) is 3.81. The fourth-order valence-corrected chi connectivity index (χ4v) is 2.76. The number of halogens is 4. The lowest BCUT2D eigenvalue weighted by Gasteiger charge is -2.23. The van der Waals surface area contributed by atoms with E-state index in [1.807, 2.05) is 6.92 Å². The molecule has 0 aliphatic heterocycles. The first-order valence-corrected chi connectivity index (χ1v) is 6.90. The van der Waals surface area contributed by atoms with Gasteiger partial charge >= 0.3 is 6.18 Å². The minimum atomic E-state index is -4.30. The van der Waals surface area contributed by atoms with Crippen molar-refractivity contribution in [2.75, 3.05) is 5.88 Å². The zero-order valence-electron chi connectivity index (χ0n) is 10.8. The molecule has 2 heterocycles. The summed E-state index contributed by atoms with van der Waals surface area (Å²) in [4.78, 5) is 8.46. The van der Waals surface area contributed by atoms with Crippen LogP contribution in [0.25, 0.3) is 11.2 Å². The number of fused-ring (bicyclic) bond motifs is 1. The zero-order chi connectivity index (χ0) is 14.5. The van der Waals surface area contributed by atoms with E-state index < -0.39 is 11.7 Å². The number of aryl methyl sites for hydroxylation is 2. The van der Waals surface area contributed by atoms with E-state index in [0.717, 1.165) is 5.56 Å². The molecule has 0 spiro atoms. The van der Waals surface area contributed by atoms with Crippen LogP contribution in [0.15, 0.2) is 12.3 Å². The van der Waals surface area contributed by atoms with E-state index in [0.29, 0.717) is 23.4 Å². The molecule has 0 bridgehead atoms. The molecule has 1 aliphatic carbocycles. The number of rotatable bonds is 3. The smallest absolute Gasteiger partial charge is 0.297 e. The van der Waals surface area contributed by atoms with Gasteiger partial charge in [0.1, 0.15) is 16.9 Å². The Morgan fingerprint density at radius 2 is 2.10 bits per heavy atom. The average molecular weight is 304 g/mol. The number of alkyl halides is 4. The summed E-state index contributed by atoms with van der Waals surface area (Å²) in [6.07, 6.45) is -2.32. The Hall–Kier alpha value is -1.30. The Kier molecular flexibility index (Phi) is 2.97. The summed E-state index contributed by atoms with van der Waals surface area (Å²) in [6.45, 7) is 1.82. The van der Waals surface area contributed by atoms with Crippen LogP contribution in [0, 0.1) is 6.92 Å². The predicted molar refractivity (Wildman–Crippen MR) is 70.0 cm³/mol. The van der Waals surface area contributed by atoms with Crippen molar-refractivity contribution in [3.05, 3.63) is 23.7 Å². The summed E-state index contributed by atoms with van der Waals surface area (Å²) < 4.78 is 41.5. The number of hydrogen-bond donors (Lipinski definition) is 0. The van der Waals surface area contributed by atoms with Crippen LogP contribution in [0.1, 0.15) is 24.2 Å². The normalized spacial score (nSPS) is 17.6. The van der Waals surface area contributed by atoms with Crippen molar-refractivity contribution in [2.24, 2.45) is 0 Å². The maximum Gasteiger partial charge on any atom is 0.412 e. The van der Waals surface area contributed by atoms with E-state index in [2.05, 4.69) is 9.97 Å². The molecule has 108 valence electrons. The second-order valence-corrected chi connectivity index (χ2v) is 5.51. The SMILES string of the molecule is Cc1ccnc2c1nc(CCCl)n2C1(C(F)(F)F)CC1. The lowest BCUT2D eigenvalue weighted by molar-refractivity contribution is -0.179. The molecule has 0 atom stereocenters. The summed E-state index contributed by atoms with van der Waals surface area (Å²) in [5, 5.41) is 0. The molecule has 2 aromatic heterocycles. The molecule has 3 nitrogen and oxygen atoms in total. The minimum absolute atomic E-state index is 0.0763. The van der Waals surface area contributed by atoms with E-state index in [4.69, 9.17) is 11.6 Å². The first kappa shape index (κ1) is 13.7. The highest BCUT2D eigenvalue weighted by Gasteiger charge is 2.66. The van der Waals surface area contributed by atoms with Gasteiger partial charge in [-0.05, 0) is 31.4 Å². The van der Waals surface area contributed by atoms with Crippen molar-refractivity contribution in [1.29, 1.82) is 0 Å². The van der Waals surface area contributed by atoms with Crippen molar-refractivity contribution in [3.8, 4) is 0 Å². The van der Waals surface area contributed by atoms with Gasteiger partial charge < -0.3 is 0 Å². The Bertz CT molecular complexity index is 659. The van der Waals surface area contributed by atoms with Gasteiger partial charge in [0.15, 0.2) is 5.65 Å². The first-order valence-electron chi connectivity index (χ1n) is 6.37. The predicted octanol–water partition coefficient (Wildman–Crippen LogP) is 3.57. The number of hydrogen-bond acceptors (Lipinski definition) is 2. The van der Waals surface area contributed by atoms with Gasteiger partial charge in [-0.25, -0.2) is 9.97 Å². The Morgan fingerprint density at radius 3 is 2.65 bits per heavy atom. The van der Waals surface area contributed by atoms with Gasteiger partial charge in [0.05, 0.1) is 0 Å². The van der Waals surface area contributed by atoms with Crippen LogP contribution < -0.4 is 0 Å². The molecule has 7 heteroatoms. The Morgan fingerprint density at radius 1 is 1.40 bits per heavy atom. The van der Waals surface area contributed by atoms with E-state index in [1.165, 1.54) is 10.8 Å². The third kappa shape index (κ3) is 1.81. The van der Waals surface area contributed by atoms with E-state index in [-0.39, 0.29) is 18.7 Å². The van der Waals surface area contributed by atoms with Gasteiger partial charge in [-0.3, -0.25) is 4.57 Å². The lowest BCUT2D eigenvalue weighted by atomic mass is 10.2. The summed E-state index contributed by atoms with van der Waals surface area (Å²) in [5.41, 5.74) is -0.185. The molecule has 1 aliphatic rings. The molecule has 1 fully saturated rings. The van der Waals surface area contributed by atoms with Crippen molar-refractivity contribution in [3.63, 3.8) is 0 Å². The molecule has 0 unspecified atom stereocenters. The second kappa shape index (κ2) is 4.35. The van der Waals surface area contributed by atoms with Gasteiger partial charge in [-0.2, -0.15) is 13.2 Å². The monoisotopic (exact) mass is 303 g/mol. The number of imidazole rings is 1. The zero-order valence-corrected chi connectivity index (χ0v) is 11.6. The van der Waals surface area contributed by atoms with Crippen LogP contribution in [0.4, 0.5) is 13.2 Å². The highest BCUT2D eigenvalue weighted by atomic mass is 35.5. The fourth-order valence-electron chi connectivity index (χ4n) is 2.59. The highest BCUT2D eigenvalue weighted by Crippen LogP contribution is 2.56. The summed E-state index contributed by atoms with van der Waals surface area (Å²) >= 11 is 5.71. The fraction of sp³-hybridized carbons (Fsp3) is 0.538. The molecule has 0 amide bonds. The maximum atomic E-state index is 13.4. The molecule has 20 heavy (non-hydrogen) atoms. The standard InChI is InChI=1S/C13H13ClF3N3/c1-8-3-7-18-11-10(8)19-9(2-6-14)20(11)12(4-5-12)13(15,16)17/h3,7H,2,4-6H2,1H3. The van der Waals surface area contributed by atoms with Gasteiger partial charge in [-0.1, -0.05) is 0 Å². The summed E-state index contributed by atoms with van der Waals surface area (Å²) in [6, 6.07) is 1.75. The highest BCUT2D eigenvalue weighted by molar-refractivity contribution is 6.17. The summed E-state index contributed by atoms with van der Waals surface area (Å²) in [5.74, 6) is 0.600. The molecular formula is C13H13ClF3N3. The van der Waals surface area contributed by atoms with Crippen molar-refractivity contribution in [1.82, 2.24) is 14.5 Å². The van der Waals surface area contributed by atoms with Gasteiger partial charge in [0.2, 0.25) is 0 Å². The minimum Gasteiger partial charge on any atom is -0.297 e. The van der Waals surface area contributed by atoms with Crippen LogP contribution in [-0.2, 0) is 12.0 Å². The van der Waals surface area contributed by atoms with Gasteiger partial charge in [0, 0.05) is 18.5 Å². The molecular weight excluding hydrogens is 291 g/mol. The van der Waals surface area contributed by atoms with E-state index >= 15 is 0 Å². The van der Waals surface area contributed by atoms with Gasteiger partial charge in [-0.15, -0.1) is 11.6 Å². The molecule has 3 rings (SSSR count). The van der Waals surface area contributed by atoms with Gasteiger partial charge in [0.25, 0.3) is 0 Å². The quantitative estimate of drug-likeness (QED) is 0.812. The molecule has 0 aromatic carbocycles. The Balaban J connectivity index is 2.28. The van der Waals surface area contributed by atoms with Crippen molar-refractivity contribution in [2.45, 2.75) is 37.9 Å². The molecule has 0 N–H and O–H groups in total. The number of nitrogens with zero attached hydrogens (tertiary/aromatic N) is 3. The Labute approximate surface area is 118 Å². The second-order valence-electron chi connectivity index (χ2n) is 5.13. The molecule has 0 saturated heterocycles. The molecule has 1 saturated carbocycles. The van der Waals surface area contributed by atoms with Crippen LogP contribution >= 0.6 is 11.6 Å². The van der Waals surface area contributed by atoms with Crippen LogP contribution in [0.5, 0.6) is 0 Å². The van der Waals surface area contributed by atoms with Crippen LogP contribution in [-0.4, -0.2) is 26.6 Å². The molecule has 0 radical (unpaired) electrons. The third-order valence-corrected chi connectivity index (χ3v) is 4.00. The van der Waals surface area contributed by atoms with Crippen LogP contribution in [0.2, 0.25) is 0 Å². The van der Waals surface area contributed by atoms with Crippen LogP contribution in [0.3, 0.4) is 0 Å². The lowest BCUT2D eigenvalue weighted by Crippen LogP contribution is -2.36. The summed E-state index contributed by atoms with van der Waals surface area (Å²) in [7, 11) is 0. The largest absolute Gasteiger partial charge is 0.412 e. The first-order chi connectivity index (χ1) is 9.40. The average Bonchev–Trinajstić information content (AvgIpc) is 3.08. The van der Waals surface area contributed by atoms with Crippen molar-refractivity contribution >= 4 is 22.8 Å². The maximum absolute atomic E-state index is 13.4. The molecule has 2 aromatic rings. The topological polar surface area (TPSA) is 30.7 Å². The van der Waals surface area contributed by atoms with E-state index in [9.17, 15) is 13.2 Å². The number of pyridine rings is 1.